The van der Waals surface area contributed by atoms with E-state index in [4.69, 9.17) is 5.73 Å². The Morgan fingerprint density at radius 1 is 0.900 bits per heavy atom. The number of carbonyl (C=O) groups is 1. The number of allylic oxidation sites excluding steroid dienone is 2. The number of carbonyl (C=O) groups excluding carboxylic acids is 1. The highest BCUT2D eigenvalue weighted by Crippen LogP contribution is 2.74. The molecule has 0 aromatic heterocycles. The molecule has 5 aliphatic rings. The van der Waals surface area contributed by atoms with Crippen LogP contribution in [0.4, 0.5) is 0 Å². The van der Waals surface area contributed by atoms with Gasteiger partial charge in [0.2, 0.25) is 0 Å². The predicted molar refractivity (Wildman–Crippen MR) is 124 cm³/mol. The quantitative estimate of drug-likeness (QED) is 0.483. The highest BCUT2D eigenvalue weighted by molar-refractivity contribution is 5.95. The normalized spacial score (nSPS) is 58.1. The standard InChI is InChI=1S/C28H45NO/c1-18-9-7-11-24(2)15-16-26(4)19(22(18)24)17-20(30)23-25(3)12-8-13-28(6,29)21(25)10-14-27(23,26)5/h17-18,21-23H,7-16,29H2,1-6H3/t18-,21?,22?,23?,24+,25-,26+,27+,28-/m0/s1. The molecule has 5 rings (SSSR count). The SMILES string of the molecule is C[C@H]1CCC[C@]2(C)CC[C@]3(C)C(=CC(=O)C4[C@@]5(C)CCC[C@](C)(N)C5CC[C@]43C)C12. The van der Waals surface area contributed by atoms with Crippen molar-refractivity contribution in [3.8, 4) is 0 Å². The zero-order chi connectivity index (χ0) is 21.7. The topological polar surface area (TPSA) is 43.1 Å². The molecule has 2 heteroatoms. The van der Waals surface area contributed by atoms with Gasteiger partial charge in [-0.25, -0.2) is 0 Å². The van der Waals surface area contributed by atoms with E-state index in [0.717, 1.165) is 6.42 Å². The van der Waals surface area contributed by atoms with Crippen molar-refractivity contribution in [2.75, 3.05) is 0 Å². The lowest BCUT2D eigenvalue weighted by Gasteiger charge is -2.70. The summed E-state index contributed by atoms with van der Waals surface area (Å²) in [6.45, 7) is 14.8. The Morgan fingerprint density at radius 2 is 1.63 bits per heavy atom. The molecule has 0 bridgehead atoms. The molecule has 0 aromatic carbocycles. The van der Waals surface area contributed by atoms with Crippen LogP contribution in [0.5, 0.6) is 0 Å². The summed E-state index contributed by atoms with van der Waals surface area (Å²) in [6.07, 6.45) is 14.7. The number of hydrogen-bond acceptors (Lipinski definition) is 2. The summed E-state index contributed by atoms with van der Waals surface area (Å²) in [5, 5.41) is 0. The lowest BCUT2D eigenvalue weighted by atomic mass is 9.34. The lowest BCUT2D eigenvalue weighted by Crippen LogP contribution is -2.67. The Kier molecular flexibility index (Phi) is 4.41. The van der Waals surface area contributed by atoms with E-state index < -0.39 is 0 Å². The zero-order valence-electron chi connectivity index (χ0n) is 20.4. The molecule has 0 spiro atoms. The molecule has 30 heavy (non-hydrogen) atoms. The van der Waals surface area contributed by atoms with Crippen molar-refractivity contribution >= 4 is 5.78 Å². The Labute approximate surface area is 184 Å². The molecule has 2 nitrogen and oxygen atoms in total. The van der Waals surface area contributed by atoms with E-state index in [9.17, 15) is 4.79 Å². The van der Waals surface area contributed by atoms with Gasteiger partial charge >= 0.3 is 0 Å². The van der Waals surface area contributed by atoms with E-state index in [1.54, 1.807) is 5.57 Å². The van der Waals surface area contributed by atoms with Gasteiger partial charge in [-0.1, -0.05) is 59.5 Å². The van der Waals surface area contributed by atoms with Gasteiger partial charge in [-0.2, -0.15) is 0 Å². The van der Waals surface area contributed by atoms with Crippen molar-refractivity contribution in [3.63, 3.8) is 0 Å². The van der Waals surface area contributed by atoms with Crippen molar-refractivity contribution in [3.05, 3.63) is 11.6 Å². The van der Waals surface area contributed by atoms with Crippen LogP contribution < -0.4 is 5.73 Å². The molecule has 4 fully saturated rings. The molecule has 0 amide bonds. The monoisotopic (exact) mass is 411 g/mol. The van der Waals surface area contributed by atoms with Gasteiger partial charge in [-0.05, 0) is 97.4 Å². The van der Waals surface area contributed by atoms with Gasteiger partial charge in [0.05, 0.1) is 0 Å². The summed E-state index contributed by atoms with van der Waals surface area (Å²) in [5.41, 5.74) is 9.01. The van der Waals surface area contributed by atoms with Crippen molar-refractivity contribution in [1.29, 1.82) is 0 Å². The average molecular weight is 412 g/mol. The second-order valence-corrected chi connectivity index (χ2v) is 13.6. The molecule has 0 radical (unpaired) electrons. The number of hydrogen-bond donors (Lipinski definition) is 1. The number of fused-ring (bicyclic) bond motifs is 7. The maximum Gasteiger partial charge on any atom is 0.159 e. The second kappa shape index (κ2) is 6.24. The molecule has 0 aliphatic heterocycles. The van der Waals surface area contributed by atoms with Gasteiger partial charge in [0, 0.05) is 11.5 Å². The van der Waals surface area contributed by atoms with E-state index in [-0.39, 0.29) is 27.7 Å². The Hall–Kier alpha value is -0.630. The van der Waals surface area contributed by atoms with Crippen LogP contribution in [0.1, 0.15) is 106 Å². The molecule has 0 heterocycles. The van der Waals surface area contributed by atoms with Gasteiger partial charge in [0.15, 0.2) is 5.78 Å². The molecule has 2 N–H and O–H groups in total. The summed E-state index contributed by atoms with van der Waals surface area (Å²) in [7, 11) is 0. The van der Waals surface area contributed by atoms with E-state index in [2.05, 4.69) is 47.6 Å². The van der Waals surface area contributed by atoms with E-state index in [1.165, 1.54) is 57.8 Å². The van der Waals surface area contributed by atoms with Gasteiger partial charge in [0.25, 0.3) is 0 Å². The molecular weight excluding hydrogens is 366 g/mol. The third-order valence-electron chi connectivity index (χ3n) is 12.0. The fraction of sp³-hybridized carbons (Fsp3) is 0.893. The molecule has 4 saturated carbocycles. The number of rotatable bonds is 0. The minimum absolute atomic E-state index is 0.0514. The predicted octanol–water partition coefficient (Wildman–Crippen LogP) is 6.68. The Balaban J connectivity index is 1.65. The highest BCUT2D eigenvalue weighted by atomic mass is 16.1. The first-order valence-corrected chi connectivity index (χ1v) is 12.9. The number of ketones is 1. The molecule has 5 aliphatic carbocycles. The lowest BCUT2D eigenvalue weighted by molar-refractivity contribution is -0.177. The van der Waals surface area contributed by atoms with Gasteiger partial charge < -0.3 is 5.73 Å². The maximum absolute atomic E-state index is 14.1. The van der Waals surface area contributed by atoms with Crippen LogP contribution in [-0.2, 0) is 4.79 Å². The molecule has 3 unspecified atom stereocenters. The van der Waals surface area contributed by atoms with Crippen LogP contribution in [0.25, 0.3) is 0 Å². The fourth-order valence-electron chi connectivity index (χ4n) is 10.4. The minimum atomic E-state index is -0.122. The molecule has 0 aromatic rings. The first kappa shape index (κ1) is 21.2. The van der Waals surface area contributed by atoms with Crippen LogP contribution in [0, 0.1) is 45.3 Å². The minimum Gasteiger partial charge on any atom is -0.325 e. The fourth-order valence-corrected chi connectivity index (χ4v) is 10.4. The smallest absolute Gasteiger partial charge is 0.159 e. The number of nitrogens with two attached hydrogens (primary N) is 1. The summed E-state index contributed by atoms with van der Waals surface area (Å²) >= 11 is 0. The summed E-state index contributed by atoms with van der Waals surface area (Å²) in [6, 6.07) is 0. The van der Waals surface area contributed by atoms with E-state index in [1.807, 2.05) is 0 Å². The summed E-state index contributed by atoms with van der Waals surface area (Å²) in [5.74, 6) is 2.38. The first-order valence-electron chi connectivity index (χ1n) is 12.9. The van der Waals surface area contributed by atoms with Crippen LogP contribution in [0.2, 0.25) is 0 Å². The van der Waals surface area contributed by atoms with Crippen molar-refractivity contribution < 1.29 is 4.79 Å². The van der Waals surface area contributed by atoms with Gasteiger partial charge in [0.1, 0.15) is 0 Å². The molecule has 168 valence electrons. The highest BCUT2D eigenvalue weighted by Gasteiger charge is 2.69. The largest absolute Gasteiger partial charge is 0.325 e. The molecular formula is C28H45NO. The molecule has 0 saturated heterocycles. The van der Waals surface area contributed by atoms with Crippen molar-refractivity contribution in [2.24, 2.45) is 51.1 Å². The van der Waals surface area contributed by atoms with Crippen LogP contribution in [-0.4, -0.2) is 11.3 Å². The van der Waals surface area contributed by atoms with Gasteiger partial charge in [-0.3, -0.25) is 4.79 Å². The summed E-state index contributed by atoms with van der Waals surface area (Å²) < 4.78 is 0. The van der Waals surface area contributed by atoms with E-state index >= 15 is 0 Å². The van der Waals surface area contributed by atoms with Gasteiger partial charge in [-0.15, -0.1) is 0 Å². The van der Waals surface area contributed by atoms with Crippen molar-refractivity contribution in [1.82, 2.24) is 0 Å². The van der Waals surface area contributed by atoms with E-state index in [0.29, 0.717) is 29.0 Å². The van der Waals surface area contributed by atoms with Crippen molar-refractivity contribution in [2.45, 2.75) is 111 Å². The second-order valence-electron chi connectivity index (χ2n) is 13.6. The van der Waals surface area contributed by atoms with Crippen LogP contribution in [0.3, 0.4) is 0 Å². The third-order valence-corrected chi connectivity index (χ3v) is 12.0. The zero-order valence-corrected chi connectivity index (χ0v) is 20.4. The summed E-state index contributed by atoms with van der Waals surface area (Å²) in [4.78, 5) is 14.1. The first-order chi connectivity index (χ1) is 13.9. The molecule has 9 atom stereocenters. The van der Waals surface area contributed by atoms with Crippen LogP contribution in [0.15, 0.2) is 11.6 Å². The Morgan fingerprint density at radius 3 is 2.37 bits per heavy atom. The average Bonchev–Trinajstić information content (AvgIpc) is 2.62. The Bertz CT molecular complexity index is 796. The maximum atomic E-state index is 14.1. The third kappa shape index (κ3) is 2.44. The van der Waals surface area contributed by atoms with Crippen LogP contribution >= 0.6 is 0 Å².